The normalized spacial score (nSPS) is 21.6. The largest absolute Gasteiger partial charge is 0.468 e. The van der Waals surface area contributed by atoms with Gasteiger partial charge in [-0.05, 0) is 25.7 Å². The van der Waals surface area contributed by atoms with Gasteiger partial charge < -0.3 is 4.74 Å². The molecule has 0 amide bonds. The van der Waals surface area contributed by atoms with Crippen LogP contribution in [0.2, 0.25) is 0 Å². The molecule has 2 rings (SSSR count). The fourth-order valence-corrected chi connectivity index (χ4v) is 2.71. The molecular formula is C14H20O4. The highest BCUT2D eigenvalue weighted by Gasteiger charge is 2.40. The second-order valence-electron chi connectivity index (χ2n) is 5.40. The third-order valence-corrected chi connectivity index (χ3v) is 4.02. The van der Waals surface area contributed by atoms with E-state index in [0.29, 0.717) is 0 Å². The van der Waals surface area contributed by atoms with Crippen LogP contribution in [0.4, 0.5) is 0 Å². The van der Waals surface area contributed by atoms with Crippen molar-refractivity contribution in [3.63, 3.8) is 0 Å². The van der Waals surface area contributed by atoms with Crippen molar-refractivity contribution >= 4 is 17.5 Å². The van der Waals surface area contributed by atoms with Gasteiger partial charge in [0, 0.05) is 18.3 Å². The summed E-state index contributed by atoms with van der Waals surface area (Å²) in [6.45, 7) is 0. The van der Waals surface area contributed by atoms with Gasteiger partial charge in [0.25, 0.3) is 0 Å². The molecule has 0 N–H and O–H groups in total. The van der Waals surface area contributed by atoms with E-state index in [9.17, 15) is 14.4 Å². The van der Waals surface area contributed by atoms with Gasteiger partial charge in [-0.15, -0.1) is 0 Å². The van der Waals surface area contributed by atoms with Crippen molar-refractivity contribution in [2.45, 2.75) is 44.9 Å². The Morgan fingerprint density at radius 1 is 1.06 bits per heavy atom. The van der Waals surface area contributed by atoms with Crippen molar-refractivity contribution in [2.24, 2.45) is 17.8 Å². The maximum Gasteiger partial charge on any atom is 0.316 e. The van der Waals surface area contributed by atoms with Gasteiger partial charge in [0.15, 0.2) is 5.78 Å². The molecule has 0 aromatic heterocycles. The monoisotopic (exact) mass is 252 g/mol. The molecule has 0 aromatic carbocycles. The molecule has 0 aliphatic heterocycles. The lowest BCUT2D eigenvalue weighted by Gasteiger charge is -2.15. The minimum atomic E-state index is -0.851. The quantitative estimate of drug-likeness (QED) is 0.535. The molecule has 1 atom stereocenters. The molecule has 100 valence electrons. The van der Waals surface area contributed by atoms with Crippen molar-refractivity contribution in [1.29, 1.82) is 0 Å². The number of rotatable bonds is 6. The molecule has 18 heavy (non-hydrogen) atoms. The number of carbonyl (C=O) groups excluding carboxylic acids is 3. The minimum Gasteiger partial charge on any atom is -0.468 e. The SMILES string of the molecule is COC(=O)C(CC(=O)C1CCCC1)C(=O)C1CC1. The standard InChI is InChI=1S/C14H20O4/c1-18-14(17)11(13(16)10-6-7-10)8-12(15)9-4-2-3-5-9/h9-11H,2-8H2,1H3. The molecule has 0 bridgehead atoms. The van der Waals surface area contributed by atoms with Crippen LogP contribution in [0.5, 0.6) is 0 Å². The lowest BCUT2D eigenvalue weighted by molar-refractivity contribution is -0.152. The summed E-state index contributed by atoms with van der Waals surface area (Å²) in [5, 5.41) is 0. The lowest BCUT2D eigenvalue weighted by atomic mass is 9.89. The average molecular weight is 252 g/mol. The number of carbonyl (C=O) groups is 3. The summed E-state index contributed by atoms with van der Waals surface area (Å²) in [5.74, 6) is -1.37. The zero-order valence-electron chi connectivity index (χ0n) is 10.8. The minimum absolute atomic E-state index is 0.00882. The molecule has 0 spiro atoms. The van der Waals surface area contributed by atoms with Gasteiger partial charge >= 0.3 is 5.97 Å². The van der Waals surface area contributed by atoms with E-state index in [1.807, 2.05) is 0 Å². The van der Waals surface area contributed by atoms with Crippen molar-refractivity contribution in [2.75, 3.05) is 7.11 Å². The Kier molecular flexibility index (Phi) is 4.15. The van der Waals surface area contributed by atoms with Crippen molar-refractivity contribution in [3.8, 4) is 0 Å². The summed E-state index contributed by atoms with van der Waals surface area (Å²) in [6.07, 6.45) is 5.72. The highest BCUT2D eigenvalue weighted by Crippen LogP contribution is 2.35. The van der Waals surface area contributed by atoms with Crippen molar-refractivity contribution < 1.29 is 19.1 Å². The van der Waals surface area contributed by atoms with Gasteiger partial charge in [0.2, 0.25) is 0 Å². The first-order valence-electron chi connectivity index (χ1n) is 6.77. The van der Waals surface area contributed by atoms with Crippen LogP contribution in [0.25, 0.3) is 0 Å². The third-order valence-electron chi connectivity index (χ3n) is 4.02. The number of ether oxygens (including phenoxy) is 1. The number of Topliss-reactive ketones (excluding diaryl/α,β-unsaturated/α-hetero) is 2. The Bertz CT molecular complexity index is 351. The van der Waals surface area contributed by atoms with E-state index in [4.69, 9.17) is 0 Å². The number of esters is 1. The zero-order chi connectivity index (χ0) is 13.1. The first-order chi connectivity index (χ1) is 8.63. The summed E-state index contributed by atoms with van der Waals surface area (Å²) in [7, 11) is 1.27. The second-order valence-corrected chi connectivity index (χ2v) is 5.40. The average Bonchev–Trinajstić information content (AvgIpc) is 3.08. The smallest absolute Gasteiger partial charge is 0.316 e. The Hall–Kier alpha value is -1.19. The van der Waals surface area contributed by atoms with E-state index in [0.717, 1.165) is 38.5 Å². The number of hydrogen-bond acceptors (Lipinski definition) is 4. The molecule has 4 nitrogen and oxygen atoms in total. The molecule has 2 fully saturated rings. The Balaban J connectivity index is 1.97. The lowest BCUT2D eigenvalue weighted by Crippen LogP contribution is -2.30. The summed E-state index contributed by atoms with van der Waals surface area (Å²) in [5.41, 5.74) is 0. The second kappa shape index (κ2) is 5.63. The Morgan fingerprint density at radius 3 is 2.17 bits per heavy atom. The van der Waals surface area contributed by atoms with Crippen LogP contribution in [0, 0.1) is 17.8 Å². The van der Waals surface area contributed by atoms with Crippen molar-refractivity contribution in [3.05, 3.63) is 0 Å². The predicted octanol–water partition coefficient (Wildman–Crippen LogP) is 1.90. The van der Waals surface area contributed by atoms with Gasteiger partial charge in [-0.3, -0.25) is 14.4 Å². The van der Waals surface area contributed by atoms with Gasteiger partial charge in [-0.1, -0.05) is 12.8 Å². The zero-order valence-corrected chi connectivity index (χ0v) is 10.8. The number of methoxy groups -OCH3 is 1. The van der Waals surface area contributed by atoms with Crippen LogP contribution in [0.1, 0.15) is 44.9 Å². The van der Waals surface area contributed by atoms with Crippen LogP contribution in [-0.4, -0.2) is 24.6 Å². The topological polar surface area (TPSA) is 60.4 Å². The molecule has 0 saturated heterocycles. The molecule has 4 heteroatoms. The highest BCUT2D eigenvalue weighted by atomic mass is 16.5. The van der Waals surface area contributed by atoms with E-state index in [-0.39, 0.29) is 29.8 Å². The molecule has 2 saturated carbocycles. The maximum atomic E-state index is 12.1. The summed E-state index contributed by atoms with van der Waals surface area (Å²) < 4.78 is 4.66. The molecular weight excluding hydrogens is 232 g/mol. The van der Waals surface area contributed by atoms with Crippen LogP contribution in [0.15, 0.2) is 0 Å². The third kappa shape index (κ3) is 2.98. The summed E-state index contributed by atoms with van der Waals surface area (Å²) in [4.78, 5) is 35.7. The fraction of sp³-hybridized carbons (Fsp3) is 0.786. The van der Waals surface area contributed by atoms with Gasteiger partial charge in [-0.25, -0.2) is 0 Å². The van der Waals surface area contributed by atoms with E-state index in [2.05, 4.69) is 4.74 Å². The van der Waals surface area contributed by atoms with Gasteiger partial charge in [0.1, 0.15) is 11.7 Å². The molecule has 0 heterocycles. The van der Waals surface area contributed by atoms with Gasteiger partial charge in [0.05, 0.1) is 7.11 Å². The first-order valence-corrected chi connectivity index (χ1v) is 6.77. The predicted molar refractivity (Wildman–Crippen MR) is 64.8 cm³/mol. The summed E-state index contributed by atoms with van der Waals surface area (Å²) in [6, 6.07) is 0. The molecule has 2 aliphatic rings. The van der Waals surface area contributed by atoms with Crippen LogP contribution in [0.3, 0.4) is 0 Å². The Labute approximate surface area is 107 Å². The highest BCUT2D eigenvalue weighted by molar-refractivity contribution is 6.04. The molecule has 2 aliphatic carbocycles. The number of ketones is 2. The number of hydrogen-bond donors (Lipinski definition) is 0. The van der Waals surface area contributed by atoms with Crippen LogP contribution < -0.4 is 0 Å². The van der Waals surface area contributed by atoms with Crippen LogP contribution >= 0.6 is 0 Å². The summed E-state index contributed by atoms with van der Waals surface area (Å²) >= 11 is 0. The molecule has 0 aromatic rings. The van der Waals surface area contributed by atoms with Crippen LogP contribution in [-0.2, 0) is 19.1 Å². The van der Waals surface area contributed by atoms with E-state index >= 15 is 0 Å². The molecule has 1 unspecified atom stereocenters. The fourth-order valence-electron chi connectivity index (χ4n) is 2.71. The van der Waals surface area contributed by atoms with E-state index in [1.165, 1.54) is 7.11 Å². The Morgan fingerprint density at radius 2 is 1.67 bits per heavy atom. The van der Waals surface area contributed by atoms with Gasteiger partial charge in [-0.2, -0.15) is 0 Å². The first kappa shape index (κ1) is 13.2. The van der Waals surface area contributed by atoms with Crippen molar-refractivity contribution in [1.82, 2.24) is 0 Å². The van der Waals surface area contributed by atoms with E-state index in [1.54, 1.807) is 0 Å². The molecule has 0 radical (unpaired) electrons. The van der Waals surface area contributed by atoms with E-state index < -0.39 is 11.9 Å². The maximum absolute atomic E-state index is 12.1.